The van der Waals surface area contributed by atoms with Crippen molar-refractivity contribution in [3.63, 3.8) is 0 Å². The van der Waals surface area contributed by atoms with Gasteiger partial charge in [-0.1, -0.05) is 42.5 Å². The van der Waals surface area contributed by atoms with Crippen LogP contribution in [0, 0.1) is 0 Å². The van der Waals surface area contributed by atoms with Gasteiger partial charge in [-0.15, -0.1) is 0 Å². The summed E-state index contributed by atoms with van der Waals surface area (Å²) in [5.74, 6) is 1.70. The number of hydrogen-bond donors (Lipinski definition) is 3. The Hall–Kier alpha value is -4.73. The van der Waals surface area contributed by atoms with Crippen molar-refractivity contribution < 1.29 is 28.5 Å². The quantitative estimate of drug-likeness (QED) is 0.255. The van der Waals surface area contributed by atoms with Crippen molar-refractivity contribution in [1.82, 2.24) is 10.6 Å². The molecular formula is C29H32N4O6. The molecule has 4 N–H and O–H groups in total. The molecule has 0 spiro atoms. The Bertz CT molecular complexity index is 1330. The molecule has 0 radical (unpaired) electrons. The van der Waals surface area contributed by atoms with E-state index in [1.807, 2.05) is 48.5 Å². The number of nitrogens with one attached hydrogen (secondary N) is 2. The zero-order chi connectivity index (χ0) is 27.6. The second kappa shape index (κ2) is 13.2. The molecule has 0 saturated carbocycles. The third-order valence-electron chi connectivity index (χ3n) is 6.10. The summed E-state index contributed by atoms with van der Waals surface area (Å²) < 4.78 is 21.3. The van der Waals surface area contributed by atoms with Gasteiger partial charge < -0.3 is 30.0 Å². The molecule has 1 atom stereocenters. The molecule has 0 bridgehead atoms. The van der Waals surface area contributed by atoms with Gasteiger partial charge in [-0.05, 0) is 47.4 Å². The van der Waals surface area contributed by atoms with E-state index in [1.54, 1.807) is 25.3 Å². The number of carbonyl (C=O) groups excluding carboxylic acids is 2. The maximum atomic E-state index is 13.1. The minimum Gasteiger partial charge on any atom is -0.493 e. The van der Waals surface area contributed by atoms with E-state index in [0.29, 0.717) is 47.9 Å². The molecule has 204 valence electrons. The minimum atomic E-state index is -0.828. The third-order valence-corrected chi connectivity index (χ3v) is 6.10. The molecule has 0 aromatic heterocycles. The van der Waals surface area contributed by atoms with E-state index in [1.165, 1.54) is 7.11 Å². The van der Waals surface area contributed by atoms with Gasteiger partial charge in [-0.3, -0.25) is 14.9 Å². The number of carbonyl (C=O) groups is 2. The Morgan fingerprint density at radius 1 is 0.923 bits per heavy atom. The van der Waals surface area contributed by atoms with Gasteiger partial charge in [-0.25, -0.2) is 4.99 Å². The molecule has 1 aliphatic rings. The molecule has 0 saturated heterocycles. The largest absolute Gasteiger partial charge is 0.493 e. The number of benzene rings is 3. The zero-order valence-corrected chi connectivity index (χ0v) is 21.9. The fourth-order valence-corrected chi connectivity index (χ4v) is 4.14. The van der Waals surface area contributed by atoms with Crippen LogP contribution < -0.4 is 35.3 Å². The number of amides is 2. The van der Waals surface area contributed by atoms with Crippen LogP contribution in [0.15, 0.2) is 71.7 Å². The molecule has 1 heterocycles. The number of hydrogen-bond acceptors (Lipinski definition) is 7. The molecule has 1 unspecified atom stereocenters. The van der Waals surface area contributed by atoms with Crippen molar-refractivity contribution in [3.05, 3.63) is 83.4 Å². The summed E-state index contributed by atoms with van der Waals surface area (Å²) in [5.41, 5.74) is 8.69. The number of aliphatic imine (C=N–C) groups is 1. The topological polar surface area (TPSA) is 134 Å². The number of fused-ring (bicyclic) bond motifs is 1. The van der Waals surface area contributed by atoms with Gasteiger partial charge in [0.05, 0.1) is 20.6 Å². The maximum Gasteiger partial charge on any atom is 0.245 e. The van der Waals surface area contributed by atoms with Crippen LogP contribution in [0.2, 0.25) is 0 Å². The summed E-state index contributed by atoms with van der Waals surface area (Å²) in [6.07, 6.45) is 0.965. The van der Waals surface area contributed by atoms with Crippen LogP contribution in [0.25, 0.3) is 0 Å². The van der Waals surface area contributed by atoms with Crippen LogP contribution in [0.3, 0.4) is 0 Å². The zero-order valence-electron chi connectivity index (χ0n) is 21.9. The molecule has 0 aliphatic carbocycles. The highest BCUT2D eigenvalue weighted by Crippen LogP contribution is 2.32. The number of ether oxygens (including phenoxy) is 4. The first-order chi connectivity index (χ1) is 18.9. The van der Waals surface area contributed by atoms with Crippen LogP contribution in [0.5, 0.6) is 23.0 Å². The monoisotopic (exact) mass is 532 g/mol. The molecule has 10 nitrogen and oxygen atoms in total. The van der Waals surface area contributed by atoms with Crippen LogP contribution in [0.4, 0.5) is 0 Å². The van der Waals surface area contributed by atoms with Gasteiger partial charge in [0.1, 0.15) is 6.04 Å². The Balaban J connectivity index is 1.38. The fourth-order valence-electron chi connectivity index (χ4n) is 4.14. The van der Waals surface area contributed by atoms with Crippen molar-refractivity contribution in [1.29, 1.82) is 0 Å². The average Bonchev–Trinajstić information content (AvgIpc) is 3.41. The number of rotatable bonds is 11. The van der Waals surface area contributed by atoms with Crippen molar-refractivity contribution in [2.75, 3.05) is 27.6 Å². The first-order valence-corrected chi connectivity index (χ1v) is 12.5. The molecule has 2 amide bonds. The third kappa shape index (κ3) is 7.64. The minimum absolute atomic E-state index is 0.0433. The van der Waals surface area contributed by atoms with E-state index >= 15 is 0 Å². The number of methoxy groups -OCH3 is 2. The first-order valence-electron chi connectivity index (χ1n) is 12.5. The molecule has 3 aromatic carbocycles. The SMILES string of the molecule is COc1ccc(CC(=O)NC(N)=NC(Cc2ccccc2)C(=O)NCCc2ccc3c(c2)OCO3)cc1OC. The highest BCUT2D eigenvalue weighted by molar-refractivity contribution is 5.98. The Labute approximate surface area is 227 Å². The van der Waals surface area contributed by atoms with Crippen LogP contribution in [-0.4, -0.2) is 51.4 Å². The van der Waals surface area contributed by atoms with Crippen molar-refractivity contribution >= 4 is 17.8 Å². The number of nitrogens with zero attached hydrogens (tertiary/aromatic N) is 1. The summed E-state index contributed by atoms with van der Waals surface area (Å²) >= 11 is 0. The highest BCUT2D eigenvalue weighted by Gasteiger charge is 2.20. The first kappa shape index (κ1) is 27.3. The molecule has 39 heavy (non-hydrogen) atoms. The molecule has 4 rings (SSSR count). The summed E-state index contributed by atoms with van der Waals surface area (Å²) in [5, 5.41) is 5.51. The Morgan fingerprint density at radius 2 is 1.67 bits per heavy atom. The molecule has 10 heteroatoms. The van der Waals surface area contributed by atoms with Gasteiger partial charge in [0, 0.05) is 13.0 Å². The Kier molecular flexibility index (Phi) is 9.23. The fraction of sp³-hybridized carbons (Fsp3) is 0.276. The Morgan fingerprint density at radius 3 is 2.44 bits per heavy atom. The second-order valence-electron chi connectivity index (χ2n) is 8.86. The number of nitrogens with two attached hydrogens (primary N) is 1. The van der Waals surface area contributed by atoms with E-state index in [0.717, 1.165) is 11.1 Å². The summed E-state index contributed by atoms with van der Waals surface area (Å²) in [7, 11) is 3.07. The van der Waals surface area contributed by atoms with E-state index < -0.39 is 6.04 Å². The summed E-state index contributed by atoms with van der Waals surface area (Å²) in [6, 6.07) is 19.6. The van der Waals surface area contributed by atoms with Crippen molar-refractivity contribution in [2.45, 2.75) is 25.3 Å². The van der Waals surface area contributed by atoms with Gasteiger partial charge in [0.15, 0.2) is 29.0 Å². The van der Waals surface area contributed by atoms with E-state index in [-0.39, 0.29) is 31.0 Å². The molecular weight excluding hydrogens is 500 g/mol. The molecule has 0 fully saturated rings. The molecule has 3 aromatic rings. The lowest BCUT2D eigenvalue weighted by atomic mass is 10.1. The van der Waals surface area contributed by atoms with E-state index in [2.05, 4.69) is 15.6 Å². The predicted molar refractivity (Wildman–Crippen MR) is 146 cm³/mol. The standard InChI is InChI=1S/C29H32N4O6/c1-36-23-10-9-21(16-25(23)37-2)17-27(34)33-29(30)32-22(14-19-6-4-3-5-7-19)28(35)31-13-12-20-8-11-24-26(15-20)39-18-38-24/h3-11,15-16,22H,12-14,17-18H2,1-2H3,(H,31,35)(H3,30,32,33,34). The van der Waals surface area contributed by atoms with Crippen molar-refractivity contribution in [2.24, 2.45) is 10.7 Å². The van der Waals surface area contributed by atoms with Crippen molar-refractivity contribution in [3.8, 4) is 23.0 Å². The van der Waals surface area contributed by atoms with Crippen LogP contribution in [-0.2, 0) is 28.9 Å². The van der Waals surface area contributed by atoms with E-state index in [4.69, 9.17) is 24.7 Å². The smallest absolute Gasteiger partial charge is 0.245 e. The second-order valence-corrected chi connectivity index (χ2v) is 8.86. The number of guanidine groups is 1. The maximum absolute atomic E-state index is 13.1. The normalized spacial score (nSPS) is 12.9. The van der Waals surface area contributed by atoms with Crippen LogP contribution in [0.1, 0.15) is 16.7 Å². The lowest BCUT2D eigenvalue weighted by molar-refractivity contribution is -0.122. The van der Waals surface area contributed by atoms with Gasteiger partial charge in [0.25, 0.3) is 0 Å². The van der Waals surface area contributed by atoms with Gasteiger partial charge >= 0.3 is 0 Å². The summed E-state index contributed by atoms with van der Waals surface area (Å²) in [4.78, 5) is 30.1. The van der Waals surface area contributed by atoms with E-state index in [9.17, 15) is 9.59 Å². The molecule has 1 aliphatic heterocycles. The highest BCUT2D eigenvalue weighted by atomic mass is 16.7. The predicted octanol–water partition coefficient (Wildman–Crippen LogP) is 2.38. The summed E-state index contributed by atoms with van der Waals surface area (Å²) in [6.45, 7) is 0.603. The lowest BCUT2D eigenvalue weighted by Gasteiger charge is -2.15. The lowest BCUT2D eigenvalue weighted by Crippen LogP contribution is -2.42. The van der Waals surface area contributed by atoms with Gasteiger partial charge in [-0.2, -0.15) is 0 Å². The average molecular weight is 533 g/mol. The van der Waals surface area contributed by atoms with Gasteiger partial charge in [0.2, 0.25) is 18.6 Å². The van der Waals surface area contributed by atoms with Crippen LogP contribution >= 0.6 is 0 Å².